The maximum atomic E-state index is 12.7. The van der Waals surface area contributed by atoms with E-state index in [1.807, 2.05) is 31.4 Å². The van der Waals surface area contributed by atoms with Gasteiger partial charge in [-0.2, -0.15) is 0 Å². The SMILES string of the molecule is COCCN1C(=O)C(=O)C(=C(O)c2ccc(OC(C)C)cc2)C1c1cccs1. The fourth-order valence-electron chi connectivity index (χ4n) is 3.16. The number of likely N-dealkylation sites (tertiary alicyclic amines) is 1. The number of benzene rings is 1. The summed E-state index contributed by atoms with van der Waals surface area (Å²) in [5.41, 5.74) is 0.559. The third-order valence-corrected chi connectivity index (χ3v) is 5.31. The largest absolute Gasteiger partial charge is 0.507 e. The number of hydrogen-bond donors (Lipinski definition) is 1. The molecule has 6 nitrogen and oxygen atoms in total. The predicted molar refractivity (Wildman–Crippen MR) is 107 cm³/mol. The molecule has 3 rings (SSSR count). The van der Waals surface area contributed by atoms with Crippen molar-refractivity contribution in [2.45, 2.75) is 26.0 Å². The predicted octanol–water partition coefficient (Wildman–Crippen LogP) is 3.60. The van der Waals surface area contributed by atoms with Crippen molar-refractivity contribution in [2.75, 3.05) is 20.3 Å². The lowest BCUT2D eigenvalue weighted by atomic mass is 10.00. The van der Waals surface area contributed by atoms with E-state index in [4.69, 9.17) is 9.47 Å². The number of ketones is 1. The number of Topliss-reactive ketones (excluding diaryl/α,β-unsaturated/α-hetero) is 1. The van der Waals surface area contributed by atoms with Crippen molar-refractivity contribution in [3.05, 3.63) is 57.8 Å². The lowest BCUT2D eigenvalue weighted by Crippen LogP contribution is -2.32. The Morgan fingerprint density at radius 2 is 1.93 bits per heavy atom. The highest BCUT2D eigenvalue weighted by atomic mass is 32.1. The van der Waals surface area contributed by atoms with Crippen LogP contribution in [0.3, 0.4) is 0 Å². The van der Waals surface area contributed by atoms with E-state index in [1.165, 1.54) is 23.3 Å². The number of carbonyl (C=O) groups excluding carboxylic acids is 2. The normalized spacial score (nSPS) is 18.9. The van der Waals surface area contributed by atoms with Gasteiger partial charge in [-0.25, -0.2) is 0 Å². The molecular formula is C21H23NO5S. The van der Waals surface area contributed by atoms with Crippen LogP contribution < -0.4 is 4.74 Å². The van der Waals surface area contributed by atoms with Gasteiger partial charge in [-0.3, -0.25) is 9.59 Å². The summed E-state index contributed by atoms with van der Waals surface area (Å²) in [6.07, 6.45) is 0.0318. The Balaban J connectivity index is 2.03. The van der Waals surface area contributed by atoms with Gasteiger partial charge in [0, 0.05) is 24.1 Å². The molecule has 2 aromatic rings. The van der Waals surface area contributed by atoms with E-state index in [0.29, 0.717) is 17.9 Å². The number of hydrogen-bond acceptors (Lipinski definition) is 6. The highest BCUT2D eigenvalue weighted by Gasteiger charge is 2.46. The third-order valence-electron chi connectivity index (χ3n) is 4.39. The highest BCUT2D eigenvalue weighted by molar-refractivity contribution is 7.10. The van der Waals surface area contributed by atoms with Gasteiger partial charge in [0.1, 0.15) is 11.5 Å². The lowest BCUT2D eigenvalue weighted by Gasteiger charge is -2.23. The number of carbonyl (C=O) groups is 2. The van der Waals surface area contributed by atoms with Crippen LogP contribution in [0.2, 0.25) is 0 Å². The van der Waals surface area contributed by atoms with E-state index in [-0.39, 0.29) is 24.0 Å². The zero-order chi connectivity index (χ0) is 20.3. The molecule has 0 bridgehead atoms. The summed E-state index contributed by atoms with van der Waals surface area (Å²) in [6.45, 7) is 4.42. The van der Waals surface area contributed by atoms with Gasteiger partial charge in [0.25, 0.3) is 11.7 Å². The number of nitrogens with zero attached hydrogens (tertiary/aromatic N) is 1. The summed E-state index contributed by atoms with van der Waals surface area (Å²) >= 11 is 1.43. The molecule has 0 spiro atoms. The first-order valence-electron chi connectivity index (χ1n) is 9.02. The van der Waals surface area contributed by atoms with Gasteiger partial charge in [0.2, 0.25) is 0 Å². The summed E-state index contributed by atoms with van der Waals surface area (Å²) in [4.78, 5) is 27.6. The average Bonchev–Trinajstić information content (AvgIpc) is 3.27. The molecular weight excluding hydrogens is 378 g/mol. The minimum absolute atomic E-state index is 0.0318. The number of amides is 1. The molecule has 1 fully saturated rings. The van der Waals surface area contributed by atoms with Crippen molar-refractivity contribution in [3.63, 3.8) is 0 Å². The molecule has 7 heteroatoms. The molecule has 1 aromatic heterocycles. The zero-order valence-electron chi connectivity index (χ0n) is 16.0. The molecule has 148 valence electrons. The average molecular weight is 401 g/mol. The minimum atomic E-state index is -0.686. The van der Waals surface area contributed by atoms with Crippen LogP contribution in [0.5, 0.6) is 5.75 Å². The first-order valence-corrected chi connectivity index (χ1v) is 9.89. The Kier molecular flexibility index (Phi) is 6.16. The maximum absolute atomic E-state index is 12.7. The van der Waals surface area contributed by atoms with Crippen molar-refractivity contribution >= 4 is 28.8 Å². The molecule has 0 aliphatic carbocycles. The van der Waals surface area contributed by atoms with Crippen molar-refractivity contribution in [3.8, 4) is 5.75 Å². The number of aliphatic hydroxyl groups is 1. The number of thiophene rings is 1. The lowest BCUT2D eigenvalue weighted by molar-refractivity contribution is -0.140. The van der Waals surface area contributed by atoms with Gasteiger partial charge in [-0.15, -0.1) is 11.3 Å². The van der Waals surface area contributed by atoms with E-state index >= 15 is 0 Å². The van der Waals surface area contributed by atoms with Crippen LogP contribution in [-0.2, 0) is 14.3 Å². The second-order valence-electron chi connectivity index (χ2n) is 6.69. The summed E-state index contributed by atoms with van der Waals surface area (Å²) in [6, 6.07) is 9.92. The van der Waals surface area contributed by atoms with Gasteiger partial charge in [0.15, 0.2) is 0 Å². The minimum Gasteiger partial charge on any atom is -0.507 e. The van der Waals surface area contributed by atoms with E-state index in [1.54, 1.807) is 24.3 Å². The van der Waals surface area contributed by atoms with Crippen LogP contribution in [0.1, 0.15) is 30.3 Å². The summed E-state index contributed by atoms with van der Waals surface area (Å²) in [5, 5.41) is 12.8. The molecule has 1 amide bonds. The molecule has 1 aromatic carbocycles. The fourth-order valence-corrected chi connectivity index (χ4v) is 4.01. The fraction of sp³-hybridized carbons (Fsp3) is 0.333. The monoisotopic (exact) mass is 401 g/mol. The smallest absolute Gasteiger partial charge is 0.295 e. The third kappa shape index (κ3) is 3.95. The van der Waals surface area contributed by atoms with Crippen molar-refractivity contribution in [2.24, 2.45) is 0 Å². The molecule has 28 heavy (non-hydrogen) atoms. The molecule has 0 radical (unpaired) electrons. The second-order valence-corrected chi connectivity index (χ2v) is 7.67. The summed E-state index contributed by atoms with van der Waals surface area (Å²) < 4.78 is 10.7. The van der Waals surface area contributed by atoms with Crippen LogP contribution >= 0.6 is 11.3 Å². The van der Waals surface area contributed by atoms with Gasteiger partial charge in [-0.1, -0.05) is 6.07 Å². The van der Waals surface area contributed by atoms with Crippen molar-refractivity contribution < 1.29 is 24.2 Å². The van der Waals surface area contributed by atoms with Gasteiger partial charge < -0.3 is 19.5 Å². The van der Waals surface area contributed by atoms with E-state index in [0.717, 1.165) is 4.88 Å². The Bertz CT molecular complexity index is 871. The molecule has 1 aliphatic rings. The van der Waals surface area contributed by atoms with E-state index in [2.05, 4.69) is 0 Å². The molecule has 1 saturated heterocycles. The molecule has 2 heterocycles. The molecule has 0 saturated carbocycles. The number of aliphatic hydroxyl groups excluding tert-OH is 1. The Morgan fingerprint density at radius 1 is 1.21 bits per heavy atom. The molecule has 1 unspecified atom stereocenters. The topological polar surface area (TPSA) is 76.1 Å². The van der Waals surface area contributed by atoms with Gasteiger partial charge in [-0.05, 0) is 49.6 Å². The second kappa shape index (κ2) is 8.58. The van der Waals surface area contributed by atoms with Crippen LogP contribution in [0.15, 0.2) is 47.4 Å². The van der Waals surface area contributed by atoms with Crippen LogP contribution in [0.25, 0.3) is 5.76 Å². The number of rotatable bonds is 7. The van der Waals surface area contributed by atoms with Gasteiger partial charge in [0.05, 0.1) is 24.3 Å². The molecule has 1 aliphatic heterocycles. The number of ether oxygens (including phenoxy) is 2. The quantitative estimate of drug-likeness (QED) is 0.436. The van der Waals surface area contributed by atoms with Crippen LogP contribution in [-0.4, -0.2) is 48.1 Å². The van der Waals surface area contributed by atoms with Crippen LogP contribution in [0.4, 0.5) is 0 Å². The Labute approximate surface area is 168 Å². The van der Waals surface area contributed by atoms with Crippen molar-refractivity contribution in [1.29, 1.82) is 0 Å². The molecule has 1 atom stereocenters. The standard InChI is InChI=1S/C21H23NO5S/c1-13(2)27-15-8-6-14(7-9-15)19(23)17-18(16-5-4-12-28-16)22(10-11-26-3)21(25)20(17)24/h4-9,12-13,18,23H,10-11H2,1-3H3. The zero-order valence-corrected chi connectivity index (χ0v) is 16.9. The maximum Gasteiger partial charge on any atom is 0.295 e. The van der Waals surface area contributed by atoms with E-state index < -0.39 is 17.7 Å². The van der Waals surface area contributed by atoms with E-state index in [9.17, 15) is 14.7 Å². The highest BCUT2D eigenvalue weighted by Crippen LogP contribution is 2.41. The number of methoxy groups -OCH3 is 1. The van der Waals surface area contributed by atoms with Crippen molar-refractivity contribution in [1.82, 2.24) is 4.90 Å². The Morgan fingerprint density at radius 3 is 2.50 bits per heavy atom. The Hall–Kier alpha value is -2.64. The summed E-state index contributed by atoms with van der Waals surface area (Å²) in [5.74, 6) is -0.832. The molecule has 1 N–H and O–H groups in total. The first-order chi connectivity index (χ1) is 13.4. The van der Waals surface area contributed by atoms with Crippen LogP contribution in [0, 0.1) is 0 Å². The van der Waals surface area contributed by atoms with Gasteiger partial charge >= 0.3 is 0 Å². The summed E-state index contributed by atoms with van der Waals surface area (Å²) in [7, 11) is 1.54. The first kappa shape index (κ1) is 20.1.